The zero-order valence-corrected chi connectivity index (χ0v) is 15.8. The van der Waals surface area contributed by atoms with Gasteiger partial charge in [0.25, 0.3) is 0 Å². The van der Waals surface area contributed by atoms with Crippen LogP contribution in [0.15, 0.2) is 23.6 Å². The molecule has 2 N–H and O–H groups in total. The summed E-state index contributed by atoms with van der Waals surface area (Å²) in [5.74, 6) is -0.179. The van der Waals surface area contributed by atoms with Gasteiger partial charge in [-0.15, -0.1) is 11.3 Å². The van der Waals surface area contributed by atoms with Gasteiger partial charge >= 0.3 is 6.18 Å². The third kappa shape index (κ3) is 4.03. The van der Waals surface area contributed by atoms with Crippen molar-refractivity contribution in [3.8, 4) is 10.6 Å². The van der Waals surface area contributed by atoms with E-state index >= 15 is 0 Å². The van der Waals surface area contributed by atoms with Crippen LogP contribution in [-0.2, 0) is 11.0 Å². The average molecular weight is 411 g/mol. The molecule has 2 aromatic rings. The van der Waals surface area contributed by atoms with Crippen LogP contribution in [0, 0.1) is 0 Å². The predicted molar refractivity (Wildman–Crippen MR) is 98.4 cm³/mol. The molecule has 150 valence electrons. The van der Waals surface area contributed by atoms with Crippen molar-refractivity contribution < 1.29 is 18.0 Å². The van der Waals surface area contributed by atoms with Crippen molar-refractivity contribution in [1.29, 1.82) is 0 Å². The molecule has 2 aliphatic rings. The summed E-state index contributed by atoms with van der Waals surface area (Å²) in [6, 6.07) is 4.23. The molecule has 1 amide bonds. The number of amides is 1. The fraction of sp³-hybridized carbons (Fsp3) is 0.500. The zero-order chi connectivity index (χ0) is 19.7. The molecular formula is C18H20F3N5OS. The molecular weight excluding hydrogens is 391 g/mol. The standard InChI is InChI=1S/C18H20F3N5OS/c19-18(20,21)15-9-13(14-4-2-8-28-14)23-16(24-15)11-3-1-7-26(10-11)17(27)12-5-6-22-25-12/h2,4,8-9,11-12,22,25H,1,3,5-7,10H2. The Labute approximate surface area is 164 Å². The van der Waals surface area contributed by atoms with Gasteiger partial charge in [0, 0.05) is 25.6 Å². The Morgan fingerprint density at radius 3 is 2.82 bits per heavy atom. The molecule has 0 radical (unpaired) electrons. The summed E-state index contributed by atoms with van der Waals surface area (Å²) in [5.41, 5.74) is 5.22. The number of rotatable bonds is 3. The van der Waals surface area contributed by atoms with Crippen LogP contribution in [0.25, 0.3) is 10.6 Å². The van der Waals surface area contributed by atoms with Crippen LogP contribution < -0.4 is 10.9 Å². The lowest BCUT2D eigenvalue weighted by Gasteiger charge is -2.33. The van der Waals surface area contributed by atoms with Gasteiger partial charge < -0.3 is 4.90 Å². The number of halogens is 3. The first kappa shape index (κ1) is 19.3. The summed E-state index contributed by atoms with van der Waals surface area (Å²) < 4.78 is 40.2. The SMILES string of the molecule is O=C(C1CCNN1)N1CCCC(c2nc(-c3cccs3)cc(C(F)(F)F)n2)C1. The van der Waals surface area contributed by atoms with Crippen LogP contribution in [0.2, 0.25) is 0 Å². The molecule has 0 aromatic carbocycles. The van der Waals surface area contributed by atoms with E-state index in [1.54, 1.807) is 22.4 Å². The second-order valence-corrected chi connectivity index (χ2v) is 7.96. The van der Waals surface area contributed by atoms with Gasteiger partial charge in [-0.3, -0.25) is 10.2 Å². The fourth-order valence-electron chi connectivity index (χ4n) is 3.62. The van der Waals surface area contributed by atoms with Crippen LogP contribution in [0.3, 0.4) is 0 Å². The maximum Gasteiger partial charge on any atom is 0.433 e. The van der Waals surface area contributed by atoms with Crippen LogP contribution in [0.1, 0.15) is 36.7 Å². The maximum atomic E-state index is 13.4. The summed E-state index contributed by atoms with van der Waals surface area (Å²) in [6.45, 7) is 1.65. The first-order valence-corrected chi connectivity index (χ1v) is 10.1. The highest BCUT2D eigenvalue weighted by Gasteiger charge is 2.36. The zero-order valence-electron chi connectivity index (χ0n) is 15.0. The molecule has 0 spiro atoms. The van der Waals surface area contributed by atoms with Gasteiger partial charge in [-0.05, 0) is 36.8 Å². The molecule has 2 unspecified atom stereocenters. The Balaban J connectivity index is 1.62. The average Bonchev–Trinajstić information content (AvgIpc) is 3.40. The van der Waals surface area contributed by atoms with Gasteiger partial charge in [0.05, 0.1) is 10.6 Å². The highest BCUT2D eigenvalue weighted by molar-refractivity contribution is 7.13. The Morgan fingerprint density at radius 2 is 2.14 bits per heavy atom. The van der Waals surface area contributed by atoms with Crippen molar-refractivity contribution in [2.24, 2.45) is 0 Å². The molecule has 2 saturated heterocycles. The minimum atomic E-state index is -4.55. The molecule has 4 heterocycles. The smallest absolute Gasteiger partial charge is 0.341 e. The summed E-state index contributed by atoms with van der Waals surface area (Å²) in [5, 5.41) is 1.80. The second-order valence-electron chi connectivity index (χ2n) is 7.01. The lowest BCUT2D eigenvalue weighted by atomic mass is 9.96. The van der Waals surface area contributed by atoms with E-state index in [1.165, 1.54) is 11.3 Å². The van der Waals surface area contributed by atoms with E-state index in [-0.39, 0.29) is 29.4 Å². The molecule has 0 saturated carbocycles. The fourth-order valence-corrected chi connectivity index (χ4v) is 4.31. The third-order valence-electron chi connectivity index (χ3n) is 5.04. The number of hydrogen-bond donors (Lipinski definition) is 2. The highest BCUT2D eigenvalue weighted by Crippen LogP contribution is 2.34. The number of carbonyl (C=O) groups is 1. The van der Waals surface area contributed by atoms with Crippen LogP contribution >= 0.6 is 11.3 Å². The Bertz CT molecular complexity index is 836. The molecule has 6 nitrogen and oxygen atoms in total. The summed E-state index contributed by atoms with van der Waals surface area (Å²) in [7, 11) is 0. The van der Waals surface area contributed by atoms with Gasteiger partial charge in [0.15, 0.2) is 0 Å². The number of alkyl halides is 3. The number of thiophene rings is 1. The monoisotopic (exact) mass is 411 g/mol. The number of nitrogens with one attached hydrogen (secondary N) is 2. The lowest BCUT2D eigenvalue weighted by molar-refractivity contribution is -0.141. The molecule has 4 rings (SSSR count). The highest BCUT2D eigenvalue weighted by atomic mass is 32.1. The third-order valence-corrected chi connectivity index (χ3v) is 5.93. The van der Waals surface area contributed by atoms with E-state index in [1.807, 2.05) is 0 Å². The Kier molecular flexibility index (Phi) is 5.35. The molecule has 28 heavy (non-hydrogen) atoms. The number of nitrogens with zero attached hydrogens (tertiary/aromatic N) is 3. The van der Waals surface area contributed by atoms with E-state index < -0.39 is 11.9 Å². The van der Waals surface area contributed by atoms with E-state index in [9.17, 15) is 18.0 Å². The van der Waals surface area contributed by atoms with Gasteiger partial charge in [-0.25, -0.2) is 15.4 Å². The van der Waals surface area contributed by atoms with Gasteiger partial charge in [0.1, 0.15) is 17.6 Å². The summed E-state index contributed by atoms with van der Waals surface area (Å²) in [4.78, 5) is 23.3. The number of hydrogen-bond acceptors (Lipinski definition) is 6. The molecule has 0 bridgehead atoms. The quantitative estimate of drug-likeness (QED) is 0.813. The number of likely N-dealkylation sites (tertiary alicyclic amines) is 1. The largest absolute Gasteiger partial charge is 0.433 e. The van der Waals surface area contributed by atoms with Crippen LogP contribution in [-0.4, -0.2) is 46.5 Å². The first-order valence-electron chi connectivity index (χ1n) is 9.19. The molecule has 2 aliphatic heterocycles. The summed E-state index contributed by atoms with van der Waals surface area (Å²) in [6.07, 6.45) is -2.48. The minimum absolute atomic E-state index is 0.0276. The van der Waals surface area contributed by atoms with Crippen molar-refractivity contribution in [3.63, 3.8) is 0 Å². The van der Waals surface area contributed by atoms with Crippen molar-refractivity contribution in [1.82, 2.24) is 25.7 Å². The van der Waals surface area contributed by atoms with Crippen LogP contribution in [0.5, 0.6) is 0 Å². The van der Waals surface area contributed by atoms with Crippen molar-refractivity contribution in [2.75, 3.05) is 19.6 Å². The van der Waals surface area contributed by atoms with E-state index in [0.717, 1.165) is 6.07 Å². The molecule has 0 aliphatic carbocycles. The number of piperidine rings is 1. The lowest BCUT2D eigenvalue weighted by Crippen LogP contribution is -2.48. The molecule has 2 aromatic heterocycles. The second kappa shape index (κ2) is 7.76. The number of carbonyl (C=O) groups excluding carboxylic acids is 1. The van der Waals surface area contributed by atoms with Gasteiger partial charge in [-0.1, -0.05) is 6.07 Å². The van der Waals surface area contributed by atoms with E-state index in [2.05, 4.69) is 20.8 Å². The van der Waals surface area contributed by atoms with E-state index in [0.29, 0.717) is 43.8 Å². The van der Waals surface area contributed by atoms with Crippen LogP contribution in [0.4, 0.5) is 13.2 Å². The Hall–Kier alpha value is -2.04. The number of aromatic nitrogens is 2. The molecule has 2 atom stereocenters. The normalized spacial score (nSPS) is 23.2. The minimum Gasteiger partial charge on any atom is -0.341 e. The summed E-state index contributed by atoms with van der Waals surface area (Å²) >= 11 is 1.34. The topological polar surface area (TPSA) is 70.2 Å². The van der Waals surface area contributed by atoms with E-state index in [4.69, 9.17) is 0 Å². The van der Waals surface area contributed by atoms with Crippen molar-refractivity contribution in [2.45, 2.75) is 37.4 Å². The maximum absolute atomic E-state index is 13.4. The Morgan fingerprint density at radius 1 is 1.29 bits per heavy atom. The first-order chi connectivity index (χ1) is 13.4. The van der Waals surface area contributed by atoms with Gasteiger partial charge in [0.2, 0.25) is 5.91 Å². The molecule has 2 fully saturated rings. The predicted octanol–water partition coefficient (Wildman–Crippen LogP) is 2.80. The number of hydrazine groups is 1. The molecule has 10 heteroatoms. The van der Waals surface area contributed by atoms with Crippen molar-refractivity contribution >= 4 is 17.2 Å². The van der Waals surface area contributed by atoms with Crippen molar-refractivity contribution in [3.05, 3.63) is 35.1 Å². The van der Waals surface area contributed by atoms with Gasteiger partial charge in [-0.2, -0.15) is 13.2 Å².